The molecule has 0 aliphatic rings. The van der Waals surface area contributed by atoms with Gasteiger partial charge in [-0.25, -0.2) is 0 Å². The van der Waals surface area contributed by atoms with Gasteiger partial charge in [0.2, 0.25) is 0 Å². The van der Waals surface area contributed by atoms with Gasteiger partial charge in [-0.15, -0.1) is 0 Å². The molecule has 0 spiro atoms. The number of hydrogen-bond acceptors (Lipinski definition) is 2. The van der Waals surface area contributed by atoms with Crippen LogP contribution in [0.2, 0.25) is 0 Å². The molecule has 0 bridgehead atoms. The first-order chi connectivity index (χ1) is 6.64. The Labute approximate surface area is 88.3 Å². The Balaban J connectivity index is 4.18. The first-order valence-corrected chi connectivity index (χ1v) is 5.85. The molecule has 0 rings (SSSR count). The van der Waals surface area contributed by atoms with E-state index in [1.54, 1.807) is 0 Å². The average molecular weight is 202 g/mol. The molecule has 0 amide bonds. The summed E-state index contributed by atoms with van der Waals surface area (Å²) in [6, 6.07) is 0. The molecule has 0 aliphatic heterocycles. The van der Waals surface area contributed by atoms with Crippen LogP contribution in [0.15, 0.2) is 0 Å². The summed E-state index contributed by atoms with van der Waals surface area (Å²) < 4.78 is 0. The summed E-state index contributed by atoms with van der Waals surface area (Å²) in [5, 5.41) is 18.7. The van der Waals surface area contributed by atoms with Crippen LogP contribution in [-0.4, -0.2) is 23.4 Å². The lowest BCUT2D eigenvalue weighted by molar-refractivity contribution is 0.0261. The summed E-state index contributed by atoms with van der Waals surface area (Å²) in [5.41, 5.74) is -0.233. The molecule has 1 atom stereocenters. The van der Waals surface area contributed by atoms with E-state index in [1.807, 2.05) is 0 Å². The van der Waals surface area contributed by atoms with E-state index in [2.05, 4.69) is 20.8 Å². The fraction of sp³-hybridized carbons (Fsp3) is 1.00. The van der Waals surface area contributed by atoms with Crippen LogP contribution >= 0.6 is 0 Å². The zero-order chi connectivity index (χ0) is 11.0. The lowest BCUT2D eigenvalue weighted by Crippen LogP contribution is -2.31. The van der Waals surface area contributed by atoms with Gasteiger partial charge in [0.25, 0.3) is 0 Å². The highest BCUT2D eigenvalue weighted by Crippen LogP contribution is 2.32. The summed E-state index contributed by atoms with van der Waals surface area (Å²) >= 11 is 0. The minimum atomic E-state index is -0.233. The summed E-state index contributed by atoms with van der Waals surface area (Å²) in [6.07, 6.45) is 5.27. The van der Waals surface area contributed by atoms with E-state index >= 15 is 0 Å². The Morgan fingerprint density at radius 1 is 1.07 bits per heavy atom. The third kappa shape index (κ3) is 4.43. The second kappa shape index (κ2) is 7.24. The highest BCUT2D eigenvalue weighted by Gasteiger charge is 2.29. The molecule has 86 valence electrons. The molecule has 0 radical (unpaired) electrons. The van der Waals surface area contributed by atoms with Crippen LogP contribution in [0.5, 0.6) is 0 Å². The second-order valence-corrected chi connectivity index (χ2v) is 4.66. The summed E-state index contributed by atoms with van der Waals surface area (Å²) in [6.45, 7) is 6.72. The van der Waals surface area contributed by atoms with Gasteiger partial charge >= 0.3 is 0 Å². The molecule has 0 aromatic rings. The summed E-state index contributed by atoms with van der Waals surface area (Å²) in [4.78, 5) is 0. The van der Waals surface area contributed by atoms with Crippen molar-refractivity contribution >= 4 is 0 Å². The topological polar surface area (TPSA) is 40.5 Å². The molecule has 0 heterocycles. The minimum absolute atomic E-state index is 0.116. The molecular weight excluding hydrogens is 176 g/mol. The van der Waals surface area contributed by atoms with Gasteiger partial charge in [0.15, 0.2) is 0 Å². The zero-order valence-electron chi connectivity index (χ0n) is 9.92. The molecule has 2 N–H and O–H groups in total. The van der Waals surface area contributed by atoms with E-state index in [0.29, 0.717) is 5.92 Å². The Kier molecular flexibility index (Phi) is 7.20. The monoisotopic (exact) mass is 202 g/mol. The molecule has 0 saturated carbocycles. The average Bonchev–Trinajstić information content (AvgIpc) is 2.17. The molecule has 2 heteroatoms. The van der Waals surface area contributed by atoms with Gasteiger partial charge in [-0.05, 0) is 18.8 Å². The Bertz CT molecular complexity index is 130. The van der Waals surface area contributed by atoms with Crippen molar-refractivity contribution in [2.75, 3.05) is 13.2 Å². The molecule has 0 aromatic carbocycles. The van der Waals surface area contributed by atoms with Crippen molar-refractivity contribution in [3.63, 3.8) is 0 Å². The first kappa shape index (κ1) is 13.9. The third-order valence-electron chi connectivity index (χ3n) is 3.01. The quantitative estimate of drug-likeness (QED) is 0.635. The van der Waals surface area contributed by atoms with Gasteiger partial charge in [0, 0.05) is 5.41 Å². The van der Waals surface area contributed by atoms with Crippen molar-refractivity contribution in [2.45, 2.75) is 52.9 Å². The third-order valence-corrected chi connectivity index (χ3v) is 3.01. The number of aliphatic hydroxyl groups excluding tert-OH is 2. The van der Waals surface area contributed by atoms with Gasteiger partial charge < -0.3 is 10.2 Å². The maximum atomic E-state index is 9.36. The van der Waals surface area contributed by atoms with E-state index in [1.165, 1.54) is 12.8 Å². The lowest BCUT2D eigenvalue weighted by atomic mass is 9.76. The minimum Gasteiger partial charge on any atom is -0.396 e. The predicted octanol–water partition coefficient (Wildman–Crippen LogP) is 2.58. The SMILES string of the molecule is CCCC(C)CC(CO)(CO)CCC. The van der Waals surface area contributed by atoms with Crippen molar-refractivity contribution in [3.8, 4) is 0 Å². The lowest BCUT2D eigenvalue weighted by Gasteiger charge is -2.32. The van der Waals surface area contributed by atoms with Crippen molar-refractivity contribution in [2.24, 2.45) is 11.3 Å². The van der Waals surface area contributed by atoms with Crippen LogP contribution in [-0.2, 0) is 0 Å². The van der Waals surface area contributed by atoms with Crippen LogP contribution in [0.4, 0.5) is 0 Å². The Morgan fingerprint density at radius 3 is 2.00 bits per heavy atom. The van der Waals surface area contributed by atoms with Crippen molar-refractivity contribution in [3.05, 3.63) is 0 Å². The van der Waals surface area contributed by atoms with Crippen LogP contribution in [0.3, 0.4) is 0 Å². The Morgan fingerprint density at radius 2 is 1.64 bits per heavy atom. The molecule has 0 saturated heterocycles. The number of hydrogen-bond donors (Lipinski definition) is 2. The molecule has 0 aliphatic carbocycles. The van der Waals surface area contributed by atoms with Gasteiger partial charge in [-0.1, -0.05) is 40.0 Å². The Hall–Kier alpha value is -0.0800. The maximum absolute atomic E-state index is 9.36. The fourth-order valence-electron chi connectivity index (χ4n) is 2.30. The van der Waals surface area contributed by atoms with Gasteiger partial charge in [-0.2, -0.15) is 0 Å². The van der Waals surface area contributed by atoms with E-state index in [4.69, 9.17) is 0 Å². The van der Waals surface area contributed by atoms with Crippen LogP contribution in [0.1, 0.15) is 52.9 Å². The molecule has 0 aromatic heterocycles. The van der Waals surface area contributed by atoms with Crippen molar-refractivity contribution in [1.82, 2.24) is 0 Å². The highest BCUT2D eigenvalue weighted by atomic mass is 16.3. The summed E-state index contributed by atoms with van der Waals surface area (Å²) in [7, 11) is 0. The van der Waals surface area contributed by atoms with E-state index < -0.39 is 0 Å². The van der Waals surface area contributed by atoms with Crippen LogP contribution < -0.4 is 0 Å². The van der Waals surface area contributed by atoms with Gasteiger partial charge in [0.1, 0.15) is 0 Å². The predicted molar refractivity (Wildman–Crippen MR) is 60.2 cm³/mol. The van der Waals surface area contributed by atoms with Crippen LogP contribution in [0.25, 0.3) is 0 Å². The molecular formula is C12H26O2. The number of aliphatic hydroxyl groups is 2. The molecule has 1 unspecified atom stereocenters. The summed E-state index contributed by atoms with van der Waals surface area (Å²) in [5.74, 6) is 0.603. The van der Waals surface area contributed by atoms with E-state index in [-0.39, 0.29) is 18.6 Å². The van der Waals surface area contributed by atoms with Gasteiger partial charge in [-0.3, -0.25) is 0 Å². The molecule has 14 heavy (non-hydrogen) atoms. The van der Waals surface area contributed by atoms with Gasteiger partial charge in [0.05, 0.1) is 13.2 Å². The molecule has 2 nitrogen and oxygen atoms in total. The van der Waals surface area contributed by atoms with E-state index in [9.17, 15) is 10.2 Å². The highest BCUT2D eigenvalue weighted by molar-refractivity contribution is 4.79. The normalized spacial score (nSPS) is 14.4. The molecule has 0 fully saturated rings. The van der Waals surface area contributed by atoms with Crippen LogP contribution in [0, 0.1) is 11.3 Å². The van der Waals surface area contributed by atoms with E-state index in [0.717, 1.165) is 19.3 Å². The second-order valence-electron chi connectivity index (χ2n) is 4.66. The van der Waals surface area contributed by atoms with Crippen molar-refractivity contribution < 1.29 is 10.2 Å². The number of rotatable bonds is 8. The van der Waals surface area contributed by atoms with Crippen molar-refractivity contribution in [1.29, 1.82) is 0 Å². The largest absolute Gasteiger partial charge is 0.396 e. The maximum Gasteiger partial charge on any atom is 0.0509 e. The fourth-order valence-corrected chi connectivity index (χ4v) is 2.30. The smallest absolute Gasteiger partial charge is 0.0509 e. The zero-order valence-corrected chi connectivity index (χ0v) is 9.92. The standard InChI is InChI=1S/C12H26O2/c1-4-6-11(3)8-12(9-13,10-14)7-5-2/h11,13-14H,4-10H2,1-3H3. The first-order valence-electron chi connectivity index (χ1n) is 5.85.